The lowest BCUT2D eigenvalue weighted by atomic mass is 9.79. The first-order valence-corrected chi connectivity index (χ1v) is 10.9. The van der Waals surface area contributed by atoms with E-state index in [0.29, 0.717) is 38.0 Å². The van der Waals surface area contributed by atoms with Crippen LogP contribution in [-0.4, -0.2) is 36.3 Å². The van der Waals surface area contributed by atoms with E-state index in [1.807, 2.05) is 66.4 Å². The zero-order valence-corrected chi connectivity index (χ0v) is 17.9. The molecule has 0 unspecified atom stereocenters. The average molecular weight is 413 g/mol. The Kier molecular flexibility index (Phi) is 6.17. The van der Waals surface area contributed by atoms with Crippen LogP contribution in [0, 0.1) is 5.41 Å². The first kappa shape index (κ1) is 20.9. The Labute approximate surface area is 183 Å². The summed E-state index contributed by atoms with van der Waals surface area (Å²) in [5.41, 5.74) is 3.46. The molecular formula is C27H28N2O2. The minimum absolute atomic E-state index is 0.00944. The summed E-state index contributed by atoms with van der Waals surface area (Å²) in [6.45, 7) is 3.53. The van der Waals surface area contributed by atoms with E-state index in [0.717, 1.165) is 16.7 Å². The molecule has 1 fully saturated rings. The van der Waals surface area contributed by atoms with Gasteiger partial charge in [-0.15, -0.1) is 0 Å². The fourth-order valence-electron chi connectivity index (χ4n) is 4.45. The molecule has 1 aliphatic rings. The van der Waals surface area contributed by atoms with Gasteiger partial charge in [-0.2, -0.15) is 0 Å². The molecule has 0 saturated carbocycles. The molecule has 1 N–H and O–H groups in total. The number of benzene rings is 3. The van der Waals surface area contributed by atoms with E-state index in [1.54, 1.807) is 0 Å². The SMILES string of the molecule is CCNC(=O)[C@]1(Cc2cccc(-c3ccccc3)c2)CCN(C(=O)c2ccccc2)C1. The molecule has 31 heavy (non-hydrogen) atoms. The highest BCUT2D eigenvalue weighted by Gasteiger charge is 2.45. The van der Waals surface area contributed by atoms with Gasteiger partial charge < -0.3 is 10.2 Å². The molecule has 1 atom stereocenters. The van der Waals surface area contributed by atoms with Crippen LogP contribution in [0.5, 0.6) is 0 Å². The number of hydrogen-bond donors (Lipinski definition) is 1. The largest absolute Gasteiger partial charge is 0.356 e. The van der Waals surface area contributed by atoms with Gasteiger partial charge in [0.15, 0.2) is 0 Å². The van der Waals surface area contributed by atoms with Crippen LogP contribution in [-0.2, 0) is 11.2 Å². The maximum absolute atomic E-state index is 13.2. The maximum Gasteiger partial charge on any atom is 0.253 e. The summed E-state index contributed by atoms with van der Waals surface area (Å²) in [6, 6.07) is 27.9. The minimum atomic E-state index is -0.615. The predicted octanol–water partition coefficient (Wildman–Crippen LogP) is 4.56. The quantitative estimate of drug-likeness (QED) is 0.645. The minimum Gasteiger partial charge on any atom is -0.356 e. The number of nitrogens with one attached hydrogen (secondary N) is 1. The van der Waals surface area contributed by atoms with Crippen LogP contribution >= 0.6 is 0 Å². The van der Waals surface area contributed by atoms with Crippen molar-refractivity contribution in [3.8, 4) is 11.1 Å². The second-order valence-electron chi connectivity index (χ2n) is 8.23. The van der Waals surface area contributed by atoms with Crippen LogP contribution in [0.2, 0.25) is 0 Å². The first-order valence-electron chi connectivity index (χ1n) is 10.9. The molecule has 3 aromatic rings. The first-order chi connectivity index (χ1) is 15.1. The Hall–Kier alpha value is -3.40. The van der Waals surface area contributed by atoms with Crippen LogP contribution < -0.4 is 5.32 Å². The standard InChI is InChI=1S/C27H28N2O2/c1-2-28-26(31)27(16-17-29(20-27)25(30)23-13-7-4-8-14-23)19-21-10-9-15-24(18-21)22-11-5-3-6-12-22/h3-15,18H,2,16-17,19-20H2,1H3,(H,28,31)/t27-/m0/s1. The number of rotatable bonds is 6. The van der Waals surface area contributed by atoms with Crippen LogP contribution in [0.15, 0.2) is 84.9 Å². The summed E-state index contributed by atoms with van der Waals surface area (Å²) in [5, 5.41) is 3.02. The number of carbonyl (C=O) groups is 2. The fourth-order valence-corrected chi connectivity index (χ4v) is 4.45. The lowest BCUT2D eigenvalue weighted by Crippen LogP contribution is -2.45. The molecule has 4 heteroatoms. The Morgan fingerprint density at radius 1 is 0.903 bits per heavy atom. The fraction of sp³-hybridized carbons (Fsp3) is 0.259. The van der Waals surface area contributed by atoms with Crippen LogP contribution in [0.4, 0.5) is 0 Å². The van der Waals surface area contributed by atoms with E-state index >= 15 is 0 Å². The van der Waals surface area contributed by atoms with Gasteiger partial charge in [-0.3, -0.25) is 9.59 Å². The molecule has 1 heterocycles. The summed E-state index contributed by atoms with van der Waals surface area (Å²) < 4.78 is 0. The van der Waals surface area contributed by atoms with E-state index < -0.39 is 5.41 Å². The lowest BCUT2D eigenvalue weighted by Gasteiger charge is -2.28. The lowest BCUT2D eigenvalue weighted by molar-refractivity contribution is -0.130. The molecule has 4 rings (SSSR count). The Morgan fingerprint density at radius 3 is 2.29 bits per heavy atom. The highest BCUT2D eigenvalue weighted by Crippen LogP contribution is 2.36. The second-order valence-corrected chi connectivity index (χ2v) is 8.23. The van der Waals surface area contributed by atoms with Crippen molar-refractivity contribution in [2.45, 2.75) is 19.8 Å². The molecule has 0 bridgehead atoms. The van der Waals surface area contributed by atoms with Crippen molar-refractivity contribution >= 4 is 11.8 Å². The monoisotopic (exact) mass is 412 g/mol. The highest BCUT2D eigenvalue weighted by molar-refractivity contribution is 5.95. The van der Waals surface area contributed by atoms with Gasteiger partial charge in [0.25, 0.3) is 5.91 Å². The third-order valence-corrected chi connectivity index (χ3v) is 6.06. The van der Waals surface area contributed by atoms with E-state index in [2.05, 4.69) is 35.6 Å². The highest BCUT2D eigenvalue weighted by atomic mass is 16.2. The molecule has 0 aromatic heterocycles. The molecule has 4 nitrogen and oxygen atoms in total. The van der Waals surface area contributed by atoms with Gasteiger partial charge >= 0.3 is 0 Å². The van der Waals surface area contributed by atoms with Gasteiger partial charge in [-0.25, -0.2) is 0 Å². The number of likely N-dealkylation sites (tertiary alicyclic amines) is 1. The molecule has 0 aliphatic carbocycles. The van der Waals surface area contributed by atoms with Gasteiger partial charge in [-0.1, -0.05) is 72.8 Å². The van der Waals surface area contributed by atoms with E-state index in [4.69, 9.17) is 0 Å². The van der Waals surface area contributed by atoms with Crippen molar-refractivity contribution < 1.29 is 9.59 Å². The van der Waals surface area contributed by atoms with Crippen molar-refractivity contribution in [3.63, 3.8) is 0 Å². The third kappa shape index (κ3) is 4.53. The molecule has 1 saturated heterocycles. The molecule has 3 aromatic carbocycles. The third-order valence-electron chi connectivity index (χ3n) is 6.06. The number of amides is 2. The zero-order valence-electron chi connectivity index (χ0n) is 17.9. The molecule has 1 aliphatic heterocycles. The van der Waals surface area contributed by atoms with Crippen molar-refractivity contribution in [1.29, 1.82) is 0 Å². The molecule has 2 amide bonds. The van der Waals surface area contributed by atoms with Gasteiger partial charge in [0.2, 0.25) is 5.91 Å². The van der Waals surface area contributed by atoms with Gasteiger partial charge in [0, 0.05) is 25.2 Å². The second kappa shape index (κ2) is 9.17. The van der Waals surface area contributed by atoms with E-state index in [-0.39, 0.29) is 11.8 Å². The number of nitrogens with zero attached hydrogens (tertiary/aromatic N) is 1. The van der Waals surface area contributed by atoms with Crippen molar-refractivity contribution in [1.82, 2.24) is 10.2 Å². The Bertz CT molecular complexity index is 1050. The van der Waals surface area contributed by atoms with Gasteiger partial charge in [-0.05, 0) is 48.6 Å². The Morgan fingerprint density at radius 2 is 1.58 bits per heavy atom. The Balaban J connectivity index is 1.59. The summed E-state index contributed by atoms with van der Waals surface area (Å²) >= 11 is 0. The van der Waals surface area contributed by atoms with Crippen molar-refractivity contribution in [2.24, 2.45) is 5.41 Å². The van der Waals surface area contributed by atoms with Crippen LogP contribution in [0.1, 0.15) is 29.3 Å². The predicted molar refractivity (Wildman–Crippen MR) is 124 cm³/mol. The van der Waals surface area contributed by atoms with E-state index in [1.165, 1.54) is 0 Å². The summed E-state index contributed by atoms with van der Waals surface area (Å²) in [6.07, 6.45) is 1.27. The van der Waals surface area contributed by atoms with Crippen LogP contribution in [0.25, 0.3) is 11.1 Å². The number of carbonyl (C=O) groups excluding carboxylic acids is 2. The van der Waals surface area contributed by atoms with E-state index in [9.17, 15) is 9.59 Å². The van der Waals surface area contributed by atoms with Crippen LogP contribution in [0.3, 0.4) is 0 Å². The molecule has 158 valence electrons. The maximum atomic E-state index is 13.2. The summed E-state index contributed by atoms with van der Waals surface area (Å²) in [7, 11) is 0. The summed E-state index contributed by atoms with van der Waals surface area (Å²) in [5.74, 6) is 0.0216. The molecule has 0 radical (unpaired) electrons. The van der Waals surface area contributed by atoms with Gasteiger partial charge in [0.05, 0.1) is 5.41 Å². The zero-order chi connectivity index (χ0) is 21.7. The van der Waals surface area contributed by atoms with Gasteiger partial charge in [0.1, 0.15) is 0 Å². The molecular weight excluding hydrogens is 384 g/mol. The number of hydrogen-bond acceptors (Lipinski definition) is 2. The topological polar surface area (TPSA) is 49.4 Å². The molecule has 0 spiro atoms. The smallest absolute Gasteiger partial charge is 0.253 e. The van der Waals surface area contributed by atoms with Crippen molar-refractivity contribution in [3.05, 3.63) is 96.1 Å². The average Bonchev–Trinajstić information content (AvgIpc) is 3.25. The summed E-state index contributed by atoms with van der Waals surface area (Å²) in [4.78, 5) is 28.0. The van der Waals surface area contributed by atoms with Crippen molar-refractivity contribution in [2.75, 3.05) is 19.6 Å². The normalized spacial score (nSPS) is 18.0.